The van der Waals surface area contributed by atoms with Crippen molar-refractivity contribution < 1.29 is 4.74 Å². The first-order chi connectivity index (χ1) is 7.43. The zero-order chi connectivity index (χ0) is 10.8. The first kappa shape index (κ1) is 13.0. The molecule has 0 aromatic carbocycles. The van der Waals surface area contributed by atoms with Crippen LogP contribution < -0.4 is 5.32 Å². The summed E-state index contributed by atoms with van der Waals surface area (Å²) in [4.78, 5) is 0. The van der Waals surface area contributed by atoms with Crippen molar-refractivity contribution >= 4 is 0 Å². The standard InChI is InChI=1S/C13H27NO/c1-2-3-4-5-11-15-12-7-9-13-8-6-10-14-13/h13-14H,2-12H2,1H3. The van der Waals surface area contributed by atoms with E-state index in [9.17, 15) is 0 Å². The van der Waals surface area contributed by atoms with Gasteiger partial charge in [0.1, 0.15) is 0 Å². The summed E-state index contributed by atoms with van der Waals surface area (Å²) >= 11 is 0. The van der Waals surface area contributed by atoms with E-state index in [1.54, 1.807) is 0 Å². The van der Waals surface area contributed by atoms with Crippen molar-refractivity contribution in [3.8, 4) is 0 Å². The highest BCUT2D eigenvalue weighted by molar-refractivity contribution is 4.73. The van der Waals surface area contributed by atoms with Crippen molar-refractivity contribution in [2.45, 2.75) is 64.3 Å². The van der Waals surface area contributed by atoms with Crippen LogP contribution in [0.3, 0.4) is 0 Å². The Hall–Kier alpha value is -0.0800. The number of hydrogen-bond donors (Lipinski definition) is 1. The highest BCUT2D eigenvalue weighted by Gasteiger charge is 2.12. The molecule has 90 valence electrons. The number of nitrogens with one attached hydrogen (secondary N) is 1. The van der Waals surface area contributed by atoms with Crippen LogP contribution in [0.15, 0.2) is 0 Å². The minimum atomic E-state index is 0.786. The molecule has 0 saturated carbocycles. The Balaban J connectivity index is 1.73. The largest absolute Gasteiger partial charge is 0.381 e. The van der Waals surface area contributed by atoms with Gasteiger partial charge in [-0.15, -0.1) is 0 Å². The number of unbranched alkanes of at least 4 members (excludes halogenated alkanes) is 3. The highest BCUT2D eigenvalue weighted by atomic mass is 16.5. The fourth-order valence-corrected chi connectivity index (χ4v) is 2.17. The number of rotatable bonds is 9. The normalized spacial score (nSPS) is 21.0. The molecular formula is C13H27NO. The number of hydrogen-bond acceptors (Lipinski definition) is 2. The lowest BCUT2D eigenvalue weighted by atomic mass is 10.1. The second kappa shape index (κ2) is 9.17. The Morgan fingerprint density at radius 1 is 1.13 bits per heavy atom. The van der Waals surface area contributed by atoms with Gasteiger partial charge >= 0.3 is 0 Å². The average Bonchev–Trinajstić information content (AvgIpc) is 2.75. The molecule has 0 aromatic rings. The first-order valence-electron chi connectivity index (χ1n) is 6.74. The van der Waals surface area contributed by atoms with Crippen molar-refractivity contribution in [3.05, 3.63) is 0 Å². The van der Waals surface area contributed by atoms with E-state index in [1.807, 2.05) is 0 Å². The maximum atomic E-state index is 5.61. The minimum Gasteiger partial charge on any atom is -0.381 e. The average molecular weight is 213 g/mol. The van der Waals surface area contributed by atoms with E-state index >= 15 is 0 Å². The Morgan fingerprint density at radius 3 is 2.73 bits per heavy atom. The smallest absolute Gasteiger partial charge is 0.0466 e. The molecule has 2 heteroatoms. The highest BCUT2D eigenvalue weighted by Crippen LogP contribution is 2.10. The molecule has 0 aliphatic carbocycles. The summed E-state index contributed by atoms with van der Waals surface area (Å²) in [5.41, 5.74) is 0. The monoisotopic (exact) mass is 213 g/mol. The van der Waals surface area contributed by atoms with Gasteiger partial charge in [0, 0.05) is 19.3 Å². The third kappa shape index (κ3) is 6.91. The van der Waals surface area contributed by atoms with Gasteiger partial charge in [-0.3, -0.25) is 0 Å². The van der Waals surface area contributed by atoms with Crippen LogP contribution in [0.4, 0.5) is 0 Å². The minimum absolute atomic E-state index is 0.786. The molecule has 1 N–H and O–H groups in total. The van der Waals surface area contributed by atoms with Crippen molar-refractivity contribution in [2.75, 3.05) is 19.8 Å². The molecule has 1 aliphatic rings. The maximum absolute atomic E-state index is 5.61. The molecule has 1 saturated heterocycles. The van der Waals surface area contributed by atoms with E-state index < -0.39 is 0 Å². The Morgan fingerprint density at radius 2 is 2.00 bits per heavy atom. The van der Waals surface area contributed by atoms with Crippen LogP contribution in [0.1, 0.15) is 58.3 Å². The van der Waals surface area contributed by atoms with Gasteiger partial charge < -0.3 is 10.1 Å². The molecule has 0 amide bonds. The van der Waals surface area contributed by atoms with Crippen LogP contribution in [0, 0.1) is 0 Å². The SMILES string of the molecule is CCCCCCOCCCC1CCCN1. The van der Waals surface area contributed by atoms with Gasteiger partial charge in [0.25, 0.3) is 0 Å². The second-order valence-corrected chi connectivity index (χ2v) is 4.61. The quantitative estimate of drug-likeness (QED) is 0.594. The van der Waals surface area contributed by atoms with Crippen LogP contribution in [0.25, 0.3) is 0 Å². The lowest BCUT2D eigenvalue weighted by molar-refractivity contribution is 0.124. The van der Waals surface area contributed by atoms with E-state index in [1.165, 1.54) is 57.9 Å². The third-order valence-electron chi connectivity index (χ3n) is 3.15. The van der Waals surface area contributed by atoms with Crippen molar-refractivity contribution in [2.24, 2.45) is 0 Å². The summed E-state index contributed by atoms with van der Waals surface area (Å²) in [6.45, 7) is 5.40. The molecule has 1 unspecified atom stereocenters. The molecule has 0 radical (unpaired) electrons. The van der Waals surface area contributed by atoms with Crippen molar-refractivity contribution in [1.29, 1.82) is 0 Å². The van der Waals surface area contributed by atoms with Crippen LogP contribution in [-0.4, -0.2) is 25.8 Å². The summed E-state index contributed by atoms with van der Waals surface area (Å²) in [5, 5.41) is 3.52. The van der Waals surface area contributed by atoms with Gasteiger partial charge in [-0.1, -0.05) is 26.2 Å². The van der Waals surface area contributed by atoms with E-state index in [0.717, 1.165) is 19.3 Å². The van der Waals surface area contributed by atoms with E-state index in [-0.39, 0.29) is 0 Å². The van der Waals surface area contributed by atoms with E-state index in [0.29, 0.717) is 0 Å². The van der Waals surface area contributed by atoms with Crippen LogP contribution in [0.2, 0.25) is 0 Å². The van der Waals surface area contributed by atoms with Gasteiger partial charge in [0.05, 0.1) is 0 Å². The molecule has 1 heterocycles. The fraction of sp³-hybridized carbons (Fsp3) is 1.00. The van der Waals surface area contributed by atoms with E-state index in [4.69, 9.17) is 4.74 Å². The van der Waals surface area contributed by atoms with Crippen LogP contribution in [0.5, 0.6) is 0 Å². The topological polar surface area (TPSA) is 21.3 Å². The third-order valence-corrected chi connectivity index (χ3v) is 3.15. The summed E-state index contributed by atoms with van der Waals surface area (Å²) < 4.78 is 5.61. The molecular weight excluding hydrogens is 186 g/mol. The molecule has 0 spiro atoms. The second-order valence-electron chi connectivity index (χ2n) is 4.61. The predicted molar refractivity (Wildman–Crippen MR) is 65.2 cm³/mol. The van der Waals surface area contributed by atoms with Crippen LogP contribution >= 0.6 is 0 Å². The molecule has 1 aliphatic heterocycles. The van der Waals surface area contributed by atoms with Gasteiger partial charge in [-0.25, -0.2) is 0 Å². The maximum Gasteiger partial charge on any atom is 0.0466 e. The van der Waals surface area contributed by atoms with Gasteiger partial charge in [-0.2, -0.15) is 0 Å². The van der Waals surface area contributed by atoms with Gasteiger partial charge in [0.2, 0.25) is 0 Å². The summed E-state index contributed by atoms with van der Waals surface area (Å²) in [6.07, 6.45) is 10.5. The molecule has 1 fully saturated rings. The van der Waals surface area contributed by atoms with E-state index in [2.05, 4.69) is 12.2 Å². The molecule has 1 rings (SSSR count). The fourth-order valence-electron chi connectivity index (χ4n) is 2.17. The lowest BCUT2D eigenvalue weighted by Gasteiger charge is -2.09. The number of ether oxygens (including phenoxy) is 1. The van der Waals surface area contributed by atoms with Gasteiger partial charge in [0.15, 0.2) is 0 Å². The molecule has 2 nitrogen and oxygen atoms in total. The van der Waals surface area contributed by atoms with Crippen LogP contribution in [-0.2, 0) is 4.74 Å². The zero-order valence-electron chi connectivity index (χ0n) is 10.3. The first-order valence-corrected chi connectivity index (χ1v) is 6.74. The van der Waals surface area contributed by atoms with Crippen molar-refractivity contribution in [1.82, 2.24) is 5.32 Å². The molecule has 0 aromatic heterocycles. The summed E-state index contributed by atoms with van der Waals surface area (Å²) in [7, 11) is 0. The Kier molecular flexibility index (Phi) is 7.94. The Bertz CT molecular complexity index is 132. The Labute approximate surface area is 94.8 Å². The summed E-state index contributed by atoms with van der Waals surface area (Å²) in [5.74, 6) is 0. The zero-order valence-corrected chi connectivity index (χ0v) is 10.3. The predicted octanol–water partition coefficient (Wildman–Crippen LogP) is 3.12. The molecule has 15 heavy (non-hydrogen) atoms. The molecule has 0 bridgehead atoms. The summed E-state index contributed by atoms with van der Waals surface area (Å²) in [6, 6.07) is 0.786. The van der Waals surface area contributed by atoms with Gasteiger partial charge in [-0.05, 0) is 38.6 Å². The molecule has 1 atom stereocenters. The lowest BCUT2D eigenvalue weighted by Crippen LogP contribution is -2.21. The van der Waals surface area contributed by atoms with Crippen molar-refractivity contribution in [3.63, 3.8) is 0 Å².